The fourth-order valence-corrected chi connectivity index (χ4v) is 3.18. The molecular formula is C14H14ClN3O2. The Kier molecular flexibility index (Phi) is 3.23. The summed E-state index contributed by atoms with van der Waals surface area (Å²) in [6.07, 6.45) is 4.06. The number of primary amides is 1. The molecule has 3 rings (SSSR count). The third-order valence-electron chi connectivity index (χ3n) is 3.60. The molecular weight excluding hydrogens is 278 g/mol. The molecule has 1 amide bonds. The number of aliphatic hydroxyl groups is 1. The van der Waals surface area contributed by atoms with Gasteiger partial charge in [0.05, 0.1) is 28.1 Å². The summed E-state index contributed by atoms with van der Waals surface area (Å²) >= 11 is 6.35. The van der Waals surface area contributed by atoms with E-state index in [4.69, 9.17) is 17.3 Å². The van der Waals surface area contributed by atoms with Crippen LogP contribution in [0, 0.1) is 0 Å². The Morgan fingerprint density at radius 1 is 1.55 bits per heavy atom. The second-order valence-corrected chi connectivity index (χ2v) is 5.22. The largest absolute Gasteiger partial charge is 0.387 e. The molecule has 3 heterocycles. The first kappa shape index (κ1) is 13.1. The number of rotatable bonds is 2. The van der Waals surface area contributed by atoms with Crippen LogP contribution in [0.5, 0.6) is 0 Å². The van der Waals surface area contributed by atoms with Gasteiger partial charge in [0, 0.05) is 24.5 Å². The molecule has 0 saturated heterocycles. The lowest BCUT2D eigenvalue weighted by atomic mass is 10.0. The molecule has 0 saturated carbocycles. The zero-order chi connectivity index (χ0) is 14.3. The van der Waals surface area contributed by atoms with Crippen LogP contribution in [0.2, 0.25) is 5.02 Å². The van der Waals surface area contributed by atoms with Gasteiger partial charge in [0.1, 0.15) is 0 Å². The minimum Gasteiger partial charge on any atom is -0.387 e. The van der Waals surface area contributed by atoms with Gasteiger partial charge in [0.25, 0.3) is 5.91 Å². The van der Waals surface area contributed by atoms with Gasteiger partial charge in [-0.05, 0) is 25.0 Å². The third kappa shape index (κ3) is 1.90. The monoisotopic (exact) mass is 291 g/mol. The number of nitrogens with two attached hydrogens (primary N) is 1. The van der Waals surface area contributed by atoms with Crippen LogP contribution in [-0.2, 0) is 6.54 Å². The lowest BCUT2D eigenvalue weighted by Gasteiger charge is -2.23. The number of fused-ring (bicyclic) bond motifs is 1. The molecule has 0 radical (unpaired) electrons. The number of pyridine rings is 1. The topological polar surface area (TPSA) is 81.1 Å². The van der Waals surface area contributed by atoms with E-state index < -0.39 is 12.0 Å². The summed E-state index contributed by atoms with van der Waals surface area (Å²) in [5, 5.41) is 10.5. The number of nitrogens with zero attached hydrogens (tertiary/aromatic N) is 2. The number of carbonyl (C=O) groups is 1. The molecule has 2 aromatic heterocycles. The molecule has 104 valence electrons. The average Bonchev–Trinajstić information content (AvgIpc) is 2.73. The van der Waals surface area contributed by atoms with E-state index in [0.29, 0.717) is 29.4 Å². The van der Waals surface area contributed by atoms with Crippen molar-refractivity contribution in [3.05, 3.63) is 40.8 Å². The molecule has 0 fully saturated rings. The predicted octanol–water partition coefficient (Wildman–Crippen LogP) is 2.13. The SMILES string of the molecule is NC(=O)c1c(Cl)c(-c2cccnc2)n2c1[C@@H](O)CCC2. The fourth-order valence-electron chi connectivity index (χ4n) is 2.78. The van der Waals surface area contributed by atoms with Gasteiger partial charge in [0.15, 0.2) is 0 Å². The molecule has 2 aromatic rings. The molecule has 1 atom stereocenters. The molecule has 5 nitrogen and oxygen atoms in total. The summed E-state index contributed by atoms with van der Waals surface area (Å²) in [6.45, 7) is 0.698. The van der Waals surface area contributed by atoms with Gasteiger partial charge in [-0.1, -0.05) is 11.6 Å². The highest BCUT2D eigenvalue weighted by molar-refractivity contribution is 6.36. The van der Waals surface area contributed by atoms with E-state index in [1.807, 2.05) is 10.6 Å². The van der Waals surface area contributed by atoms with Crippen LogP contribution in [0.25, 0.3) is 11.3 Å². The Labute approximate surface area is 121 Å². The summed E-state index contributed by atoms with van der Waals surface area (Å²) in [7, 11) is 0. The van der Waals surface area contributed by atoms with Gasteiger partial charge in [-0.25, -0.2) is 0 Å². The van der Waals surface area contributed by atoms with E-state index in [9.17, 15) is 9.90 Å². The highest BCUT2D eigenvalue weighted by atomic mass is 35.5. The summed E-state index contributed by atoms with van der Waals surface area (Å²) < 4.78 is 1.88. The van der Waals surface area contributed by atoms with E-state index in [2.05, 4.69) is 4.98 Å². The smallest absolute Gasteiger partial charge is 0.252 e. The number of carbonyl (C=O) groups excluding carboxylic acids is 1. The average molecular weight is 292 g/mol. The molecule has 0 bridgehead atoms. The molecule has 0 aliphatic carbocycles. The van der Waals surface area contributed by atoms with Crippen LogP contribution in [-0.4, -0.2) is 20.6 Å². The molecule has 0 unspecified atom stereocenters. The van der Waals surface area contributed by atoms with Crippen molar-refractivity contribution in [1.29, 1.82) is 0 Å². The van der Waals surface area contributed by atoms with E-state index in [-0.39, 0.29) is 5.56 Å². The third-order valence-corrected chi connectivity index (χ3v) is 3.97. The molecule has 1 aliphatic rings. The minimum absolute atomic E-state index is 0.220. The van der Waals surface area contributed by atoms with Crippen LogP contribution in [0.3, 0.4) is 0 Å². The maximum absolute atomic E-state index is 11.7. The lowest BCUT2D eigenvalue weighted by Crippen LogP contribution is -2.20. The quantitative estimate of drug-likeness (QED) is 0.889. The standard InChI is InChI=1S/C14H14ClN3O2/c15-11-10(14(16)20)13-9(19)4-2-6-18(13)12(11)8-3-1-5-17-7-8/h1,3,5,7,9,19H,2,4,6H2,(H2,16,20)/t9-/m0/s1. The van der Waals surface area contributed by atoms with Crippen molar-refractivity contribution in [1.82, 2.24) is 9.55 Å². The van der Waals surface area contributed by atoms with Crippen LogP contribution in [0.1, 0.15) is 35.0 Å². The highest BCUT2D eigenvalue weighted by Crippen LogP contribution is 2.41. The van der Waals surface area contributed by atoms with Crippen molar-refractivity contribution < 1.29 is 9.90 Å². The van der Waals surface area contributed by atoms with Gasteiger partial charge in [-0.3, -0.25) is 9.78 Å². The van der Waals surface area contributed by atoms with Gasteiger partial charge in [-0.2, -0.15) is 0 Å². The number of aliphatic hydroxyl groups excluding tert-OH is 1. The Hall–Kier alpha value is -1.85. The van der Waals surface area contributed by atoms with Crippen LogP contribution in [0.15, 0.2) is 24.5 Å². The van der Waals surface area contributed by atoms with Gasteiger partial charge >= 0.3 is 0 Å². The van der Waals surface area contributed by atoms with Crippen molar-refractivity contribution in [2.75, 3.05) is 0 Å². The van der Waals surface area contributed by atoms with Crippen molar-refractivity contribution >= 4 is 17.5 Å². The predicted molar refractivity (Wildman–Crippen MR) is 75.4 cm³/mol. The number of hydrogen-bond acceptors (Lipinski definition) is 3. The molecule has 3 N–H and O–H groups in total. The van der Waals surface area contributed by atoms with Crippen molar-refractivity contribution in [3.63, 3.8) is 0 Å². The molecule has 0 aromatic carbocycles. The highest BCUT2D eigenvalue weighted by Gasteiger charge is 2.31. The first-order chi connectivity index (χ1) is 9.61. The van der Waals surface area contributed by atoms with Gasteiger partial charge < -0.3 is 15.4 Å². The first-order valence-electron chi connectivity index (χ1n) is 6.41. The van der Waals surface area contributed by atoms with E-state index >= 15 is 0 Å². The molecule has 20 heavy (non-hydrogen) atoms. The van der Waals surface area contributed by atoms with Crippen LogP contribution in [0.4, 0.5) is 0 Å². The molecule has 6 heteroatoms. The molecule has 0 spiro atoms. The Morgan fingerprint density at radius 3 is 3.00 bits per heavy atom. The second-order valence-electron chi connectivity index (χ2n) is 4.84. The van der Waals surface area contributed by atoms with Crippen molar-refractivity contribution in [2.45, 2.75) is 25.5 Å². The normalized spacial score (nSPS) is 17.8. The summed E-state index contributed by atoms with van der Waals surface area (Å²) in [5.41, 5.74) is 7.67. The maximum atomic E-state index is 11.7. The first-order valence-corrected chi connectivity index (χ1v) is 6.79. The zero-order valence-electron chi connectivity index (χ0n) is 10.7. The summed E-state index contributed by atoms with van der Waals surface area (Å²) in [5.74, 6) is -0.616. The summed E-state index contributed by atoms with van der Waals surface area (Å²) in [4.78, 5) is 15.8. The number of hydrogen-bond donors (Lipinski definition) is 2. The Balaban J connectivity index is 2.31. The maximum Gasteiger partial charge on any atom is 0.252 e. The van der Waals surface area contributed by atoms with E-state index in [1.165, 1.54) is 0 Å². The van der Waals surface area contributed by atoms with Crippen LogP contribution >= 0.6 is 11.6 Å². The number of aromatic nitrogens is 2. The Morgan fingerprint density at radius 2 is 2.35 bits per heavy atom. The van der Waals surface area contributed by atoms with E-state index in [1.54, 1.807) is 18.5 Å². The minimum atomic E-state index is -0.714. The fraction of sp³-hybridized carbons (Fsp3) is 0.286. The number of halogens is 1. The summed E-state index contributed by atoms with van der Waals surface area (Å²) in [6, 6.07) is 3.67. The van der Waals surface area contributed by atoms with Crippen molar-refractivity contribution in [3.8, 4) is 11.3 Å². The zero-order valence-corrected chi connectivity index (χ0v) is 11.5. The molecule has 1 aliphatic heterocycles. The van der Waals surface area contributed by atoms with Crippen molar-refractivity contribution in [2.24, 2.45) is 5.73 Å². The second kappa shape index (κ2) is 4.92. The lowest BCUT2D eigenvalue weighted by molar-refractivity contribution is 0.0983. The Bertz CT molecular complexity index is 667. The van der Waals surface area contributed by atoms with Gasteiger partial charge in [-0.15, -0.1) is 0 Å². The number of amides is 1. The van der Waals surface area contributed by atoms with E-state index in [0.717, 1.165) is 12.0 Å². The van der Waals surface area contributed by atoms with Crippen LogP contribution < -0.4 is 5.73 Å². The van der Waals surface area contributed by atoms with Gasteiger partial charge in [0.2, 0.25) is 0 Å².